The van der Waals surface area contributed by atoms with E-state index < -0.39 is 5.91 Å². The average molecular weight is 379 g/mol. The number of amides is 1. The van der Waals surface area contributed by atoms with Gasteiger partial charge in [0.05, 0.1) is 16.8 Å². The zero-order chi connectivity index (χ0) is 17.8. The SMILES string of the molecule is CCOCCn1c(=NC(=O)c2ccc(F)cc2)sc2cc(Cl)ccc21. The Bertz CT molecular complexity index is 963. The number of benzene rings is 2. The van der Waals surface area contributed by atoms with Crippen LogP contribution in [-0.2, 0) is 11.3 Å². The molecule has 0 atom stereocenters. The summed E-state index contributed by atoms with van der Waals surface area (Å²) in [5.74, 6) is -0.803. The summed E-state index contributed by atoms with van der Waals surface area (Å²) in [5.41, 5.74) is 1.29. The first-order chi connectivity index (χ1) is 12.1. The molecule has 3 rings (SSSR count). The number of hydrogen-bond acceptors (Lipinski definition) is 3. The van der Waals surface area contributed by atoms with Gasteiger partial charge in [-0.2, -0.15) is 4.99 Å². The van der Waals surface area contributed by atoms with Crippen molar-refractivity contribution in [1.29, 1.82) is 0 Å². The van der Waals surface area contributed by atoms with Crippen LogP contribution in [0, 0.1) is 5.82 Å². The highest BCUT2D eigenvalue weighted by molar-refractivity contribution is 7.16. The van der Waals surface area contributed by atoms with Gasteiger partial charge in [0.2, 0.25) is 0 Å². The molecule has 25 heavy (non-hydrogen) atoms. The molecular formula is C18H16ClFN2O2S. The van der Waals surface area contributed by atoms with Crippen LogP contribution in [0.1, 0.15) is 17.3 Å². The molecule has 0 bridgehead atoms. The molecule has 0 aliphatic heterocycles. The second-order valence-corrected chi connectivity index (χ2v) is 6.71. The van der Waals surface area contributed by atoms with Crippen molar-refractivity contribution in [3.8, 4) is 0 Å². The number of hydrogen-bond donors (Lipinski definition) is 0. The number of halogens is 2. The minimum absolute atomic E-state index is 0.341. The van der Waals surface area contributed by atoms with Crippen molar-refractivity contribution >= 4 is 39.1 Å². The van der Waals surface area contributed by atoms with Gasteiger partial charge in [0, 0.05) is 23.7 Å². The fraction of sp³-hybridized carbons (Fsp3) is 0.222. The third-order valence-electron chi connectivity index (χ3n) is 3.60. The number of carbonyl (C=O) groups excluding carboxylic acids is 1. The van der Waals surface area contributed by atoms with Gasteiger partial charge in [-0.05, 0) is 49.4 Å². The number of ether oxygens (including phenoxy) is 1. The molecule has 3 aromatic rings. The van der Waals surface area contributed by atoms with E-state index >= 15 is 0 Å². The standard InChI is InChI=1S/C18H16ClFN2O2S/c1-2-24-10-9-22-15-8-5-13(19)11-16(15)25-18(22)21-17(23)12-3-6-14(20)7-4-12/h3-8,11H,2,9-10H2,1H3. The number of aromatic nitrogens is 1. The third-order valence-corrected chi connectivity index (χ3v) is 4.87. The Balaban J connectivity index is 2.04. The molecule has 1 heterocycles. The molecule has 0 radical (unpaired) electrons. The Labute approximate surface area is 153 Å². The van der Waals surface area contributed by atoms with E-state index in [0.29, 0.717) is 35.1 Å². The van der Waals surface area contributed by atoms with Crippen LogP contribution in [0.2, 0.25) is 5.02 Å². The number of nitrogens with zero attached hydrogens (tertiary/aromatic N) is 2. The Morgan fingerprint density at radius 1 is 1.28 bits per heavy atom. The molecule has 130 valence electrons. The van der Waals surface area contributed by atoms with E-state index in [1.54, 1.807) is 6.07 Å². The number of carbonyl (C=O) groups is 1. The van der Waals surface area contributed by atoms with Crippen LogP contribution in [-0.4, -0.2) is 23.7 Å². The van der Waals surface area contributed by atoms with E-state index in [0.717, 1.165) is 10.2 Å². The first kappa shape index (κ1) is 17.8. The van der Waals surface area contributed by atoms with Gasteiger partial charge >= 0.3 is 0 Å². The summed E-state index contributed by atoms with van der Waals surface area (Å²) in [7, 11) is 0. The molecule has 4 nitrogen and oxygen atoms in total. The van der Waals surface area contributed by atoms with E-state index in [1.807, 2.05) is 23.6 Å². The Kier molecular flexibility index (Phi) is 5.63. The molecule has 0 unspecified atom stereocenters. The van der Waals surface area contributed by atoms with Gasteiger partial charge in [-0.25, -0.2) is 4.39 Å². The van der Waals surface area contributed by atoms with E-state index in [1.165, 1.54) is 35.6 Å². The first-order valence-electron chi connectivity index (χ1n) is 7.79. The predicted molar refractivity (Wildman–Crippen MR) is 97.6 cm³/mol. The van der Waals surface area contributed by atoms with Gasteiger partial charge in [-0.3, -0.25) is 4.79 Å². The van der Waals surface area contributed by atoms with E-state index in [2.05, 4.69) is 4.99 Å². The maximum Gasteiger partial charge on any atom is 0.279 e. The van der Waals surface area contributed by atoms with Crippen molar-refractivity contribution in [2.24, 2.45) is 4.99 Å². The molecule has 0 aliphatic rings. The molecule has 0 spiro atoms. The topological polar surface area (TPSA) is 43.6 Å². The van der Waals surface area contributed by atoms with Crippen LogP contribution < -0.4 is 4.80 Å². The molecule has 0 saturated carbocycles. The summed E-state index contributed by atoms with van der Waals surface area (Å²) in [4.78, 5) is 17.2. The largest absolute Gasteiger partial charge is 0.380 e. The van der Waals surface area contributed by atoms with Gasteiger partial charge in [-0.15, -0.1) is 0 Å². The fourth-order valence-corrected chi connectivity index (χ4v) is 3.72. The average Bonchev–Trinajstić information content (AvgIpc) is 2.92. The molecule has 0 saturated heterocycles. The summed E-state index contributed by atoms with van der Waals surface area (Å²) in [6, 6.07) is 10.9. The van der Waals surface area contributed by atoms with Gasteiger partial charge in [0.25, 0.3) is 5.91 Å². The lowest BCUT2D eigenvalue weighted by Crippen LogP contribution is -2.19. The number of rotatable bonds is 5. The van der Waals surface area contributed by atoms with Crippen LogP contribution in [0.3, 0.4) is 0 Å². The fourth-order valence-electron chi connectivity index (χ4n) is 2.39. The molecule has 0 aliphatic carbocycles. The molecule has 0 fully saturated rings. The van der Waals surface area contributed by atoms with Crippen LogP contribution in [0.4, 0.5) is 4.39 Å². The van der Waals surface area contributed by atoms with Crippen molar-refractivity contribution in [1.82, 2.24) is 4.57 Å². The minimum Gasteiger partial charge on any atom is -0.380 e. The lowest BCUT2D eigenvalue weighted by atomic mass is 10.2. The van der Waals surface area contributed by atoms with Crippen molar-refractivity contribution in [2.45, 2.75) is 13.5 Å². The predicted octanol–water partition coefficient (Wildman–Crippen LogP) is 4.27. The molecule has 7 heteroatoms. The van der Waals surface area contributed by atoms with Crippen molar-refractivity contribution in [2.75, 3.05) is 13.2 Å². The minimum atomic E-state index is -0.414. The Morgan fingerprint density at radius 2 is 2.04 bits per heavy atom. The second-order valence-electron chi connectivity index (χ2n) is 5.27. The summed E-state index contributed by atoms with van der Waals surface area (Å²) in [6.45, 7) is 3.64. The number of fused-ring (bicyclic) bond motifs is 1. The zero-order valence-corrected chi connectivity index (χ0v) is 15.1. The summed E-state index contributed by atoms with van der Waals surface area (Å²) in [5, 5.41) is 0.627. The van der Waals surface area contributed by atoms with Gasteiger partial charge in [0.1, 0.15) is 5.82 Å². The zero-order valence-electron chi connectivity index (χ0n) is 13.5. The van der Waals surface area contributed by atoms with E-state index in [4.69, 9.17) is 16.3 Å². The van der Waals surface area contributed by atoms with Gasteiger partial charge in [-0.1, -0.05) is 22.9 Å². The van der Waals surface area contributed by atoms with Crippen molar-refractivity contribution in [3.63, 3.8) is 0 Å². The van der Waals surface area contributed by atoms with Crippen LogP contribution in [0.25, 0.3) is 10.2 Å². The highest BCUT2D eigenvalue weighted by Gasteiger charge is 2.10. The molecular weight excluding hydrogens is 363 g/mol. The summed E-state index contributed by atoms with van der Waals surface area (Å²) in [6.07, 6.45) is 0. The van der Waals surface area contributed by atoms with Gasteiger partial charge in [0.15, 0.2) is 4.80 Å². The molecule has 1 aromatic heterocycles. The van der Waals surface area contributed by atoms with Crippen LogP contribution in [0.5, 0.6) is 0 Å². The maximum atomic E-state index is 13.0. The Morgan fingerprint density at radius 3 is 2.76 bits per heavy atom. The smallest absolute Gasteiger partial charge is 0.279 e. The third kappa shape index (κ3) is 4.15. The molecule has 2 aromatic carbocycles. The number of thiazole rings is 1. The Hall–Kier alpha value is -2.02. The first-order valence-corrected chi connectivity index (χ1v) is 8.99. The highest BCUT2D eigenvalue weighted by Crippen LogP contribution is 2.22. The summed E-state index contributed by atoms with van der Waals surface area (Å²) >= 11 is 7.45. The van der Waals surface area contributed by atoms with Crippen LogP contribution >= 0.6 is 22.9 Å². The van der Waals surface area contributed by atoms with Crippen molar-refractivity contribution < 1.29 is 13.9 Å². The normalized spacial score (nSPS) is 12.0. The lowest BCUT2D eigenvalue weighted by molar-refractivity contribution is 0.0996. The van der Waals surface area contributed by atoms with E-state index in [9.17, 15) is 9.18 Å². The van der Waals surface area contributed by atoms with Crippen molar-refractivity contribution in [3.05, 3.63) is 63.7 Å². The maximum absolute atomic E-state index is 13.0. The van der Waals surface area contributed by atoms with Gasteiger partial charge < -0.3 is 9.30 Å². The molecule has 1 amide bonds. The molecule has 0 N–H and O–H groups in total. The lowest BCUT2D eigenvalue weighted by Gasteiger charge is -2.05. The highest BCUT2D eigenvalue weighted by atomic mass is 35.5. The van der Waals surface area contributed by atoms with Crippen LogP contribution in [0.15, 0.2) is 47.5 Å². The second kappa shape index (κ2) is 7.91. The quantitative estimate of drug-likeness (QED) is 0.622. The summed E-state index contributed by atoms with van der Waals surface area (Å²) < 4.78 is 21.3. The van der Waals surface area contributed by atoms with E-state index in [-0.39, 0.29) is 5.82 Å². The monoisotopic (exact) mass is 378 g/mol.